The predicted octanol–water partition coefficient (Wildman–Crippen LogP) is 12.5. The SMILES string of the molecule is c1ccc(-n2c3ccccc3c3cc4c5ccccc5n(-c5nc(-c6ccc7c(c6)oc6cc8ccccc8cc67)c6ccccc6n5)c4cc32)cc1. The van der Waals surface area contributed by atoms with Crippen LogP contribution in [0.3, 0.4) is 0 Å². The van der Waals surface area contributed by atoms with Crippen molar-refractivity contribution in [1.29, 1.82) is 0 Å². The molecule has 0 amide bonds. The molecule has 12 rings (SSSR count). The van der Waals surface area contributed by atoms with Crippen molar-refractivity contribution >= 4 is 87.2 Å². The first-order valence-corrected chi connectivity index (χ1v) is 17.9. The number of benzene rings is 8. The third-order valence-electron chi connectivity index (χ3n) is 10.9. The molecule has 53 heavy (non-hydrogen) atoms. The minimum Gasteiger partial charge on any atom is -0.456 e. The lowest BCUT2D eigenvalue weighted by Crippen LogP contribution is -2.03. The Hall–Kier alpha value is -7.24. The topological polar surface area (TPSA) is 48.8 Å². The summed E-state index contributed by atoms with van der Waals surface area (Å²) in [5.41, 5.74) is 10.0. The van der Waals surface area contributed by atoms with Crippen LogP contribution in [0.4, 0.5) is 0 Å². The molecule has 0 atom stereocenters. The van der Waals surface area contributed by atoms with Crippen molar-refractivity contribution in [2.75, 3.05) is 0 Å². The first kappa shape index (κ1) is 28.5. The average molecular weight is 677 g/mol. The fraction of sp³-hybridized carbons (Fsp3) is 0. The van der Waals surface area contributed by atoms with Crippen molar-refractivity contribution in [2.45, 2.75) is 0 Å². The zero-order valence-electron chi connectivity index (χ0n) is 28.4. The number of rotatable bonds is 3. The van der Waals surface area contributed by atoms with Gasteiger partial charge in [-0.05, 0) is 77.5 Å². The van der Waals surface area contributed by atoms with Crippen LogP contribution in [0.5, 0.6) is 0 Å². The maximum absolute atomic E-state index is 6.52. The molecule has 0 saturated carbocycles. The normalized spacial score (nSPS) is 12.2. The van der Waals surface area contributed by atoms with E-state index in [1.54, 1.807) is 0 Å². The van der Waals surface area contributed by atoms with E-state index in [1.165, 1.54) is 32.4 Å². The minimum atomic E-state index is 0.627. The van der Waals surface area contributed by atoms with Gasteiger partial charge in [-0.1, -0.05) is 103 Å². The first-order valence-electron chi connectivity index (χ1n) is 17.9. The molecule has 0 aliphatic heterocycles. The van der Waals surface area contributed by atoms with Gasteiger partial charge in [0, 0.05) is 49.0 Å². The van der Waals surface area contributed by atoms with Gasteiger partial charge in [0.1, 0.15) is 11.2 Å². The van der Waals surface area contributed by atoms with Gasteiger partial charge in [-0.3, -0.25) is 4.57 Å². The van der Waals surface area contributed by atoms with Crippen molar-refractivity contribution in [2.24, 2.45) is 0 Å². The number of nitrogens with zero attached hydrogens (tertiary/aromatic N) is 4. The quantitative estimate of drug-likeness (QED) is 0.187. The van der Waals surface area contributed by atoms with Crippen molar-refractivity contribution in [3.05, 3.63) is 170 Å². The first-order chi connectivity index (χ1) is 26.3. The third-order valence-corrected chi connectivity index (χ3v) is 10.9. The van der Waals surface area contributed by atoms with Crippen LogP contribution in [0.1, 0.15) is 0 Å². The third kappa shape index (κ3) is 4.07. The summed E-state index contributed by atoms with van der Waals surface area (Å²) in [7, 11) is 0. The zero-order chi connectivity index (χ0) is 34.6. The van der Waals surface area contributed by atoms with Crippen molar-refractivity contribution < 1.29 is 4.42 Å². The van der Waals surface area contributed by atoms with Crippen LogP contribution in [0, 0.1) is 0 Å². The standard InChI is InChI=1S/C48H28N4O/c1-2-14-32(15-3-1)51-41-20-10-7-16-33(41)37-27-38-34-17-8-11-21-42(34)52(44(38)28-43(37)51)48-49-40-19-9-6-18-36(40)47(50-48)31-22-23-35-39-24-29-12-4-5-13-30(29)25-46(39)53-45(35)26-31/h1-28H. The number of fused-ring (bicyclic) bond motifs is 11. The molecule has 0 aliphatic carbocycles. The molecule has 0 radical (unpaired) electrons. The van der Waals surface area contributed by atoms with E-state index in [9.17, 15) is 0 Å². The lowest BCUT2D eigenvalue weighted by molar-refractivity contribution is 0.669. The summed E-state index contributed by atoms with van der Waals surface area (Å²) in [5, 5.41) is 10.3. The molecule has 0 unspecified atom stereocenters. The predicted molar refractivity (Wildman–Crippen MR) is 218 cm³/mol. The Morgan fingerprint density at radius 1 is 0.377 bits per heavy atom. The fourth-order valence-electron chi connectivity index (χ4n) is 8.50. The fourth-order valence-corrected chi connectivity index (χ4v) is 8.50. The number of hydrogen-bond acceptors (Lipinski definition) is 3. The molecular weight excluding hydrogens is 649 g/mol. The van der Waals surface area contributed by atoms with E-state index < -0.39 is 0 Å². The van der Waals surface area contributed by atoms with E-state index >= 15 is 0 Å². The average Bonchev–Trinajstić information content (AvgIpc) is 3.85. The van der Waals surface area contributed by atoms with Crippen LogP contribution in [-0.4, -0.2) is 19.1 Å². The molecule has 4 heterocycles. The zero-order valence-corrected chi connectivity index (χ0v) is 28.4. The Kier molecular flexibility index (Phi) is 5.71. The van der Waals surface area contributed by atoms with Crippen molar-refractivity contribution in [3.63, 3.8) is 0 Å². The molecule has 246 valence electrons. The Labute approximate surface area is 302 Å². The number of para-hydroxylation sites is 4. The van der Waals surface area contributed by atoms with E-state index in [0.29, 0.717) is 5.95 Å². The molecular formula is C48H28N4O. The molecule has 5 heteroatoms. The van der Waals surface area contributed by atoms with Crippen LogP contribution in [0.2, 0.25) is 0 Å². The van der Waals surface area contributed by atoms with Gasteiger partial charge in [0.25, 0.3) is 0 Å². The molecule has 12 aromatic rings. The molecule has 0 N–H and O–H groups in total. The Balaban J connectivity index is 1.14. The Morgan fingerprint density at radius 3 is 1.79 bits per heavy atom. The lowest BCUT2D eigenvalue weighted by atomic mass is 10.0. The Morgan fingerprint density at radius 2 is 1.00 bits per heavy atom. The maximum atomic E-state index is 6.52. The minimum absolute atomic E-state index is 0.627. The van der Waals surface area contributed by atoms with E-state index in [-0.39, 0.29) is 0 Å². The molecule has 0 aliphatic rings. The molecule has 0 saturated heterocycles. The van der Waals surface area contributed by atoms with E-state index in [0.717, 1.165) is 71.7 Å². The summed E-state index contributed by atoms with van der Waals surface area (Å²) < 4.78 is 11.1. The monoisotopic (exact) mass is 676 g/mol. The second kappa shape index (κ2) is 10.6. The van der Waals surface area contributed by atoms with Gasteiger partial charge in [0.2, 0.25) is 5.95 Å². The van der Waals surface area contributed by atoms with Gasteiger partial charge in [-0.15, -0.1) is 0 Å². The van der Waals surface area contributed by atoms with Crippen LogP contribution in [-0.2, 0) is 0 Å². The summed E-state index contributed by atoms with van der Waals surface area (Å²) in [4.78, 5) is 10.7. The molecule has 0 fully saturated rings. The molecule has 5 nitrogen and oxygen atoms in total. The van der Waals surface area contributed by atoms with Gasteiger partial charge in [0.15, 0.2) is 0 Å². The van der Waals surface area contributed by atoms with Gasteiger partial charge in [0.05, 0.1) is 33.3 Å². The largest absolute Gasteiger partial charge is 0.456 e. The van der Waals surface area contributed by atoms with E-state index in [1.807, 2.05) is 6.07 Å². The maximum Gasteiger partial charge on any atom is 0.235 e. The summed E-state index contributed by atoms with van der Waals surface area (Å²) in [6.45, 7) is 0. The molecule has 4 aromatic heterocycles. The van der Waals surface area contributed by atoms with Crippen LogP contribution >= 0.6 is 0 Å². The van der Waals surface area contributed by atoms with Crippen LogP contribution in [0.15, 0.2) is 174 Å². The number of aromatic nitrogens is 4. The summed E-state index contributed by atoms with van der Waals surface area (Å²) in [5.74, 6) is 0.627. The summed E-state index contributed by atoms with van der Waals surface area (Å²) in [6, 6.07) is 60.1. The van der Waals surface area contributed by atoms with Crippen molar-refractivity contribution in [3.8, 4) is 22.9 Å². The van der Waals surface area contributed by atoms with Gasteiger partial charge >= 0.3 is 0 Å². The highest BCUT2D eigenvalue weighted by atomic mass is 16.3. The second-order valence-electron chi connectivity index (χ2n) is 13.8. The van der Waals surface area contributed by atoms with Crippen molar-refractivity contribution in [1.82, 2.24) is 19.1 Å². The Bertz CT molecular complexity index is 3460. The second-order valence-corrected chi connectivity index (χ2v) is 13.8. The number of furan rings is 1. The van der Waals surface area contributed by atoms with Crippen LogP contribution < -0.4 is 0 Å². The summed E-state index contributed by atoms with van der Waals surface area (Å²) in [6.07, 6.45) is 0. The van der Waals surface area contributed by atoms with Gasteiger partial charge < -0.3 is 8.98 Å². The van der Waals surface area contributed by atoms with Gasteiger partial charge in [-0.25, -0.2) is 9.97 Å². The summed E-state index contributed by atoms with van der Waals surface area (Å²) >= 11 is 0. The number of hydrogen-bond donors (Lipinski definition) is 0. The van der Waals surface area contributed by atoms with Crippen LogP contribution in [0.25, 0.3) is 110 Å². The molecule has 0 bridgehead atoms. The highest BCUT2D eigenvalue weighted by Gasteiger charge is 2.21. The molecule has 8 aromatic carbocycles. The van der Waals surface area contributed by atoms with E-state index in [4.69, 9.17) is 14.4 Å². The lowest BCUT2D eigenvalue weighted by Gasteiger charge is -2.12. The molecule has 0 spiro atoms. The van der Waals surface area contributed by atoms with E-state index in [2.05, 4.69) is 173 Å². The highest BCUT2D eigenvalue weighted by molar-refractivity contribution is 6.19. The smallest absolute Gasteiger partial charge is 0.235 e. The van der Waals surface area contributed by atoms with Gasteiger partial charge in [-0.2, -0.15) is 0 Å². The highest BCUT2D eigenvalue weighted by Crippen LogP contribution is 2.41.